The van der Waals surface area contributed by atoms with Crippen molar-refractivity contribution < 1.29 is 9.90 Å². The largest absolute Gasteiger partial charge is 0.550 e. The summed E-state index contributed by atoms with van der Waals surface area (Å²) in [7, 11) is 0. The zero-order chi connectivity index (χ0) is 11.7. The van der Waals surface area contributed by atoms with Crippen molar-refractivity contribution in [1.29, 1.82) is 0 Å². The summed E-state index contributed by atoms with van der Waals surface area (Å²) in [6, 6.07) is 0. The summed E-state index contributed by atoms with van der Waals surface area (Å²) < 4.78 is 0. The molecule has 0 bridgehead atoms. The van der Waals surface area contributed by atoms with Crippen LogP contribution in [0.5, 0.6) is 0 Å². The number of carbonyl (C=O) groups is 1. The number of carboxylic acid groups (broad SMARTS) is 1. The van der Waals surface area contributed by atoms with Gasteiger partial charge in [-0.05, 0) is 18.3 Å². The lowest BCUT2D eigenvalue weighted by Gasteiger charge is -2.11. The van der Waals surface area contributed by atoms with Gasteiger partial charge in [-0.2, -0.15) is 0 Å². The van der Waals surface area contributed by atoms with Crippen molar-refractivity contribution >= 4 is 5.97 Å². The van der Waals surface area contributed by atoms with Crippen LogP contribution in [0.3, 0.4) is 0 Å². The fraction of sp³-hybridized carbons (Fsp3) is 0.923. The topological polar surface area (TPSA) is 40.1 Å². The minimum Gasteiger partial charge on any atom is -0.550 e. The van der Waals surface area contributed by atoms with Gasteiger partial charge in [0.25, 0.3) is 0 Å². The molecular weight excluding hydrogens is 188 g/mol. The molecule has 0 aromatic rings. The number of carbonyl (C=O) groups excluding carboxylic acids is 1. The van der Waals surface area contributed by atoms with E-state index < -0.39 is 5.97 Å². The lowest BCUT2D eigenvalue weighted by atomic mass is 10.0. The summed E-state index contributed by atoms with van der Waals surface area (Å²) in [6.07, 6.45) is 8.12. The van der Waals surface area contributed by atoms with Gasteiger partial charge < -0.3 is 9.90 Å². The first-order valence-corrected chi connectivity index (χ1v) is 6.25. The predicted octanol–water partition coefficient (Wildman–Crippen LogP) is 2.76. The van der Waals surface area contributed by atoms with Gasteiger partial charge in [0.2, 0.25) is 0 Å². The molecule has 0 saturated carbocycles. The predicted molar refractivity (Wildman–Crippen MR) is 61.3 cm³/mol. The van der Waals surface area contributed by atoms with Crippen LogP contribution >= 0.6 is 0 Å². The average Bonchev–Trinajstić information content (AvgIpc) is 2.15. The zero-order valence-electron chi connectivity index (χ0n) is 10.4. The Bertz CT molecular complexity index is 164. The molecule has 0 radical (unpaired) electrons. The van der Waals surface area contributed by atoms with E-state index in [-0.39, 0.29) is 5.92 Å². The number of carboxylic acids is 1. The Hall–Kier alpha value is -0.530. The van der Waals surface area contributed by atoms with Crippen molar-refractivity contribution in [3.05, 3.63) is 0 Å². The highest BCUT2D eigenvalue weighted by Crippen LogP contribution is 2.13. The molecule has 0 aliphatic rings. The third-order valence-corrected chi connectivity index (χ3v) is 2.82. The van der Waals surface area contributed by atoms with Gasteiger partial charge in [0, 0.05) is 5.97 Å². The summed E-state index contributed by atoms with van der Waals surface area (Å²) in [5, 5.41) is 10.4. The van der Waals surface area contributed by atoms with Gasteiger partial charge in [0.15, 0.2) is 0 Å². The van der Waals surface area contributed by atoms with Crippen molar-refractivity contribution in [3.8, 4) is 0 Å². The van der Waals surface area contributed by atoms with Gasteiger partial charge in [0.1, 0.15) is 0 Å². The standard InChI is InChI=1S/C13H26O2/c1-11(2)9-7-5-4-6-8-10-12(3)13(14)15/h11-12H,4-10H2,1-3H3,(H,14,15)/p-1. The maximum Gasteiger partial charge on any atom is 0.0442 e. The van der Waals surface area contributed by atoms with Crippen molar-refractivity contribution in [2.45, 2.75) is 65.7 Å². The third kappa shape index (κ3) is 9.77. The highest BCUT2D eigenvalue weighted by Gasteiger charge is 2.01. The number of hydrogen-bond acceptors (Lipinski definition) is 2. The average molecular weight is 213 g/mol. The molecule has 0 aromatic carbocycles. The lowest BCUT2D eigenvalue weighted by molar-refractivity contribution is -0.311. The molecule has 2 heteroatoms. The quantitative estimate of drug-likeness (QED) is 0.552. The summed E-state index contributed by atoms with van der Waals surface area (Å²) >= 11 is 0. The number of hydrogen-bond donors (Lipinski definition) is 0. The number of unbranched alkanes of at least 4 members (excludes halogenated alkanes) is 4. The Morgan fingerprint density at radius 2 is 1.40 bits per heavy atom. The maximum atomic E-state index is 10.4. The van der Waals surface area contributed by atoms with Gasteiger partial charge in [0.05, 0.1) is 0 Å². The molecular formula is C13H25O2-. The van der Waals surface area contributed by atoms with Crippen LogP contribution in [0, 0.1) is 11.8 Å². The summed E-state index contributed by atoms with van der Waals surface area (Å²) in [4.78, 5) is 10.4. The third-order valence-electron chi connectivity index (χ3n) is 2.82. The fourth-order valence-electron chi connectivity index (χ4n) is 1.65. The van der Waals surface area contributed by atoms with E-state index in [4.69, 9.17) is 0 Å². The smallest absolute Gasteiger partial charge is 0.0442 e. The van der Waals surface area contributed by atoms with Gasteiger partial charge in [-0.1, -0.05) is 59.3 Å². The Kier molecular flexibility index (Phi) is 8.44. The maximum absolute atomic E-state index is 10.4. The van der Waals surface area contributed by atoms with E-state index in [9.17, 15) is 9.90 Å². The molecule has 0 spiro atoms. The minimum atomic E-state index is -0.908. The monoisotopic (exact) mass is 213 g/mol. The van der Waals surface area contributed by atoms with Gasteiger partial charge in [-0.25, -0.2) is 0 Å². The molecule has 0 saturated heterocycles. The Morgan fingerprint density at radius 3 is 1.87 bits per heavy atom. The zero-order valence-corrected chi connectivity index (χ0v) is 10.4. The molecule has 0 aliphatic heterocycles. The molecule has 0 aliphatic carbocycles. The van der Waals surface area contributed by atoms with Crippen molar-refractivity contribution in [1.82, 2.24) is 0 Å². The van der Waals surface area contributed by atoms with Crippen molar-refractivity contribution in [2.24, 2.45) is 11.8 Å². The van der Waals surface area contributed by atoms with Crippen molar-refractivity contribution in [3.63, 3.8) is 0 Å². The first-order valence-electron chi connectivity index (χ1n) is 6.25. The summed E-state index contributed by atoms with van der Waals surface area (Å²) in [5.74, 6) is -0.376. The van der Waals surface area contributed by atoms with Crippen LogP contribution in [0.25, 0.3) is 0 Å². The minimum absolute atomic E-state index is 0.277. The van der Waals surface area contributed by atoms with Crippen LogP contribution in [0.2, 0.25) is 0 Å². The molecule has 90 valence electrons. The van der Waals surface area contributed by atoms with Gasteiger partial charge in [-0.3, -0.25) is 0 Å². The molecule has 0 heterocycles. The van der Waals surface area contributed by atoms with E-state index in [1.165, 1.54) is 25.7 Å². The van der Waals surface area contributed by atoms with Crippen LogP contribution in [0.15, 0.2) is 0 Å². The summed E-state index contributed by atoms with van der Waals surface area (Å²) in [6.45, 7) is 6.23. The Morgan fingerprint density at radius 1 is 0.933 bits per heavy atom. The van der Waals surface area contributed by atoms with Crippen LogP contribution in [0.1, 0.15) is 65.7 Å². The number of rotatable bonds is 9. The second-order valence-corrected chi connectivity index (χ2v) is 4.96. The summed E-state index contributed by atoms with van der Waals surface area (Å²) in [5.41, 5.74) is 0. The van der Waals surface area contributed by atoms with E-state index in [0.29, 0.717) is 0 Å². The van der Waals surface area contributed by atoms with E-state index in [1.54, 1.807) is 6.92 Å². The SMILES string of the molecule is CC(C)CCCCCCCC(C)C(=O)[O-]. The van der Waals surface area contributed by atoms with E-state index in [1.807, 2.05) is 0 Å². The molecule has 0 aromatic heterocycles. The number of aliphatic carboxylic acids is 1. The van der Waals surface area contributed by atoms with E-state index >= 15 is 0 Å². The van der Waals surface area contributed by atoms with Crippen LogP contribution in [-0.2, 0) is 4.79 Å². The molecule has 15 heavy (non-hydrogen) atoms. The van der Waals surface area contributed by atoms with Crippen LogP contribution < -0.4 is 5.11 Å². The Balaban J connectivity index is 3.15. The van der Waals surface area contributed by atoms with E-state index in [0.717, 1.165) is 25.2 Å². The molecule has 0 amide bonds. The molecule has 0 N–H and O–H groups in total. The first kappa shape index (κ1) is 14.5. The normalized spacial score (nSPS) is 13.1. The molecule has 0 fully saturated rings. The Labute approximate surface area is 94.1 Å². The molecule has 1 atom stereocenters. The second-order valence-electron chi connectivity index (χ2n) is 4.96. The van der Waals surface area contributed by atoms with E-state index in [2.05, 4.69) is 13.8 Å². The van der Waals surface area contributed by atoms with Gasteiger partial charge >= 0.3 is 0 Å². The van der Waals surface area contributed by atoms with Crippen LogP contribution in [-0.4, -0.2) is 5.97 Å². The highest BCUT2D eigenvalue weighted by atomic mass is 16.4. The molecule has 2 nitrogen and oxygen atoms in total. The molecule has 1 unspecified atom stereocenters. The fourth-order valence-corrected chi connectivity index (χ4v) is 1.65. The first-order chi connectivity index (χ1) is 7.04. The van der Waals surface area contributed by atoms with Gasteiger partial charge in [-0.15, -0.1) is 0 Å². The van der Waals surface area contributed by atoms with Crippen LogP contribution in [0.4, 0.5) is 0 Å². The van der Waals surface area contributed by atoms with Crippen molar-refractivity contribution in [2.75, 3.05) is 0 Å². The second kappa shape index (κ2) is 8.75. The highest BCUT2D eigenvalue weighted by molar-refractivity contribution is 5.66. The molecule has 0 rings (SSSR count). The lowest BCUT2D eigenvalue weighted by Crippen LogP contribution is -2.29.